The molecule has 0 atom stereocenters. The Hall–Kier alpha value is -2.78. The van der Waals surface area contributed by atoms with Gasteiger partial charge in [0.05, 0.1) is 23.4 Å². The smallest absolute Gasteiger partial charge is 0.349 e. The lowest BCUT2D eigenvalue weighted by molar-refractivity contribution is 0.0391. The molecule has 0 bridgehead atoms. The highest BCUT2D eigenvalue weighted by atomic mass is 35.5. The van der Waals surface area contributed by atoms with Crippen LogP contribution in [0.4, 0.5) is 5.13 Å². The molecule has 1 fully saturated rings. The van der Waals surface area contributed by atoms with Crippen LogP contribution in [0.3, 0.4) is 0 Å². The summed E-state index contributed by atoms with van der Waals surface area (Å²) in [4.78, 5) is 34.7. The number of benzene rings is 2. The van der Waals surface area contributed by atoms with Crippen molar-refractivity contribution < 1.29 is 13.9 Å². The minimum absolute atomic E-state index is 0.0111. The van der Waals surface area contributed by atoms with Gasteiger partial charge in [-0.1, -0.05) is 41.1 Å². The molecule has 0 N–H and O–H groups in total. The molecule has 0 spiro atoms. The van der Waals surface area contributed by atoms with Crippen molar-refractivity contribution >= 4 is 55.2 Å². The van der Waals surface area contributed by atoms with Crippen LogP contribution in [0.25, 0.3) is 21.2 Å². The summed E-state index contributed by atoms with van der Waals surface area (Å²) in [5.41, 5.74) is 0.532. The van der Waals surface area contributed by atoms with Gasteiger partial charge in [0.2, 0.25) is 0 Å². The lowest BCUT2D eigenvalue weighted by atomic mass is 10.1. The summed E-state index contributed by atoms with van der Waals surface area (Å²) in [7, 11) is 0. The van der Waals surface area contributed by atoms with E-state index >= 15 is 0 Å². The number of carbonyl (C=O) groups is 1. The first kappa shape index (κ1) is 21.1. The molecule has 0 aliphatic carbocycles. The number of morpholine rings is 1. The maximum absolute atomic E-state index is 13.6. The van der Waals surface area contributed by atoms with Gasteiger partial charge in [-0.15, -0.1) is 0 Å². The number of carbonyl (C=O) groups excluding carboxylic acids is 1. The van der Waals surface area contributed by atoms with E-state index in [-0.39, 0.29) is 5.56 Å². The Morgan fingerprint density at radius 3 is 2.81 bits per heavy atom. The van der Waals surface area contributed by atoms with Crippen molar-refractivity contribution in [2.45, 2.75) is 0 Å². The van der Waals surface area contributed by atoms with Crippen LogP contribution in [0.1, 0.15) is 10.4 Å². The predicted octanol–water partition coefficient (Wildman–Crippen LogP) is 4.04. The molecule has 3 heterocycles. The summed E-state index contributed by atoms with van der Waals surface area (Å²) in [6, 6.07) is 14.2. The van der Waals surface area contributed by atoms with E-state index in [1.54, 1.807) is 29.2 Å². The highest BCUT2D eigenvalue weighted by Gasteiger charge is 2.26. The van der Waals surface area contributed by atoms with Gasteiger partial charge in [-0.3, -0.25) is 14.6 Å². The third-order valence-corrected chi connectivity index (χ3v) is 6.71. The second kappa shape index (κ2) is 8.99. The normalized spacial score (nSPS) is 14.8. The number of fused-ring (bicyclic) bond motifs is 2. The molecule has 0 radical (unpaired) electrons. The van der Waals surface area contributed by atoms with Gasteiger partial charge in [-0.25, -0.2) is 9.78 Å². The molecule has 4 aromatic rings. The fourth-order valence-electron chi connectivity index (χ4n) is 3.71. The molecule has 1 aliphatic heterocycles. The number of nitrogens with zero attached hydrogens (tertiary/aromatic N) is 3. The number of aromatic nitrogens is 1. The molecule has 1 amide bonds. The second-order valence-corrected chi connectivity index (χ2v) is 8.95. The number of halogens is 1. The molecule has 32 heavy (non-hydrogen) atoms. The Morgan fingerprint density at radius 2 is 1.97 bits per heavy atom. The fraction of sp³-hybridized carbons (Fsp3) is 0.261. The summed E-state index contributed by atoms with van der Waals surface area (Å²) in [5.74, 6) is -0.428. The van der Waals surface area contributed by atoms with Crippen LogP contribution in [0.5, 0.6) is 0 Å². The van der Waals surface area contributed by atoms with Crippen molar-refractivity contribution in [2.24, 2.45) is 0 Å². The van der Waals surface area contributed by atoms with Gasteiger partial charge >= 0.3 is 5.63 Å². The summed E-state index contributed by atoms with van der Waals surface area (Å²) < 4.78 is 11.7. The zero-order valence-corrected chi connectivity index (χ0v) is 18.7. The highest BCUT2D eigenvalue weighted by Crippen LogP contribution is 2.31. The number of para-hydroxylation sites is 1. The summed E-state index contributed by atoms with van der Waals surface area (Å²) in [6.45, 7) is 3.97. The van der Waals surface area contributed by atoms with Crippen LogP contribution in [-0.2, 0) is 4.74 Å². The monoisotopic (exact) mass is 469 g/mol. The lowest BCUT2D eigenvalue weighted by Gasteiger charge is -2.29. The standard InChI is InChI=1S/C23H20ClN3O4S/c24-16-5-6-18-20(14-16)32-23(25-18)27(8-7-26-9-11-30-12-10-26)21(28)17-13-15-3-1-2-4-19(15)31-22(17)29/h1-6,13-14H,7-12H2. The van der Waals surface area contributed by atoms with Crippen molar-refractivity contribution in [1.29, 1.82) is 0 Å². The quantitative estimate of drug-likeness (QED) is 0.411. The Morgan fingerprint density at radius 1 is 1.16 bits per heavy atom. The Kier molecular flexibility index (Phi) is 5.93. The Bertz CT molecular complexity index is 1350. The SMILES string of the molecule is O=C(c1cc2ccccc2oc1=O)N(CCN1CCOCC1)c1nc2ccc(Cl)cc2s1. The molecule has 2 aromatic heterocycles. The van der Waals surface area contributed by atoms with E-state index in [4.69, 9.17) is 20.8 Å². The summed E-state index contributed by atoms with van der Waals surface area (Å²) in [6.07, 6.45) is 0. The first-order valence-corrected chi connectivity index (χ1v) is 11.5. The zero-order valence-electron chi connectivity index (χ0n) is 17.1. The summed E-state index contributed by atoms with van der Waals surface area (Å²) in [5, 5.41) is 1.82. The van der Waals surface area contributed by atoms with Crippen LogP contribution in [-0.4, -0.2) is 55.2 Å². The highest BCUT2D eigenvalue weighted by molar-refractivity contribution is 7.22. The van der Waals surface area contributed by atoms with E-state index < -0.39 is 11.5 Å². The Balaban J connectivity index is 1.52. The van der Waals surface area contributed by atoms with Crippen LogP contribution in [0.2, 0.25) is 5.02 Å². The second-order valence-electron chi connectivity index (χ2n) is 7.50. The number of anilines is 1. The molecule has 1 saturated heterocycles. The third-order valence-electron chi connectivity index (χ3n) is 5.43. The van der Waals surface area contributed by atoms with Crippen LogP contribution >= 0.6 is 22.9 Å². The van der Waals surface area contributed by atoms with E-state index in [0.29, 0.717) is 47.4 Å². The van der Waals surface area contributed by atoms with E-state index in [0.717, 1.165) is 23.3 Å². The number of thiazole rings is 1. The molecular formula is C23H20ClN3O4S. The molecule has 1 aliphatic rings. The minimum Gasteiger partial charge on any atom is -0.422 e. The number of ether oxygens (including phenoxy) is 1. The number of amides is 1. The van der Waals surface area contributed by atoms with Crippen molar-refractivity contribution in [3.63, 3.8) is 0 Å². The van der Waals surface area contributed by atoms with E-state index in [2.05, 4.69) is 9.88 Å². The van der Waals surface area contributed by atoms with Gasteiger partial charge in [0.15, 0.2) is 5.13 Å². The molecule has 9 heteroatoms. The van der Waals surface area contributed by atoms with Crippen molar-refractivity contribution in [3.05, 3.63) is 69.5 Å². The van der Waals surface area contributed by atoms with Crippen molar-refractivity contribution in [1.82, 2.24) is 9.88 Å². The lowest BCUT2D eigenvalue weighted by Crippen LogP contribution is -2.44. The maximum Gasteiger partial charge on any atom is 0.349 e. The van der Waals surface area contributed by atoms with Crippen molar-refractivity contribution in [3.8, 4) is 0 Å². The van der Waals surface area contributed by atoms with Gasteiger partial charge in [-0.2, -0.15) is 0 Å². The topological polar surface area (TPSA) is 75.9 Å². The van der Waals surface area contributed by atoms with Crippen LogP contribution in [0, 0.1) is 0 Å². The largest absolute Gasteiger partial charge is 0.422 e. The average Bonchev–Trinajstić information content (AvgIpc) is 3.22. The fourth-order valence-corrected chi connectivity index (χ4v) is 4.97. The molecule has 2 aromatic carbocycles. The van der Waals surface area contributed by atoms with Gasteiger partial charge in [0, 0.05) is 36.6 Å². The number of rotatable bonds is 5. The van der Waals surface area contributed by atoms with E-state index in [1.807, 2.05) is 24.3 Å². The Labute approximate surface area is 192 Å². The average molecular weight is 470 g/mol. The van der Waals surface area contributed by atoms with Gasteiger partial charge in [0.25, 0.3) is 5.91 Å². The number of hydrogen-bond acceptors (Lipinski definition) is 7. The van der Waals surface area contributed by atoms with Gasteiger partial charge < -0.3 is 9.15 Å². The minimum atomic E-state index is -0.658. The van der Waals surface area contributed by atoms with Gasteiger partial charge in [-0.05, 0) is 30.3 Å². The molecular weight excluding hydrogens is 450 g/mol. The predicted molar refractivity (Wildman–Crippen MR) is 126 cm³/mol. The van der Waals surface area contributed by atoms with Crippen LogP contribution < -0.4 is 10.5 Å². The van der Waals surface area contributed by atoms with Crippen molar-refractivity contribution in [2.75, 3.05) is 44.3 Å². The first-order chi connectivity index (χ1) is 15.6. The molecule has 5 rings (SSSR count). The maximum atomic E-state index is 13.6. The molecule has 7 nitrogen and oxygen atoms in total. The molecule has 164 valence electrons. The van der Waals surface area contributed by atoms with E-state index in [9.17, 15) is 9.59 Å². The van der Waals surface area contributed by atoms with E-state index in [1.165, 1.54) is 11.3 Å². The first-order valence-electron chi connectivity index (χ1n) is 10.3. The third kappa shape index (κ3) is 4.27. The molecule has 0 unspecified atom stereocenters. The summed E-state index contributed by atoms with van der Waals surface area (Å²) >= 11 is 7.50. The van der Waals surface area contributed by atoms with Gasteiger partial charge in [0.1, 0.15) is 11.1 Å². The van der Waals surface area contributed by atoms with Crippen LogP contribution in [0.15, 0.2) is 57.7 Å². The number of hydrogen-bond donors (Lipinski definition) is 0. The zero-order chi connectivity index (χ0) is 22.1. The molecule has 0 saturated carbocycles.